The molecule has 4 nitrogen and oxygen atoms in total. The quantitative estimate of drug-likeness (QED) is 0.600. The van der Waals surface area contributed by atoms with E-state index in [2.05, 4.69) is 46.4 Å². The highest BCUT2D eigenvalue weighted by molar-refractivity contribution is 7.80. The molecule has 0 spiro atoms. The Hall–Kier alpha value is -1.40. The Morgan fingerprint density at radius 3 is 1.62 bits per heavy atom. The zero-order chi connectivity index (χ0) is 15.7. The van der Waals surface area contributed by atoms with Gasteiger partial charge in [-0.05, 0) is 56.3 Å². The van der Waals surface area contributed by atoms with Crippen LogP contribution in [0.2, 0.25) is 0 Å². The fourth-order valence-corrected chi connectivity index (χ4v) is 2.40. The number of aryl methyl sites for hydroxylation is 1. The Kier molecular flexibility index (Phi) is 8.00. The summed E-state index contributed by atoms with van der Waals surface area (Å²) in [6.07, 6.45) is 0. The Labute approximate surface area is 138 Å². The highest BCUT2D eigenvalue weighted by Gasteiger charge is 2.01. The van der Waals surface area contributed by atoms with Crippen LogP contribution in [-0.4, -0.2) is 23.3 Å². The zero-order valence-corrected chi connectivity index (χ0v) is 14.5. The van der Waals surface area contributed by atoms with Crippen LogP contribution in [0.15, 0.2) is 18.2 Å². The lowest BCUT2D eigenvalue weighted by atomic mass is 10.1. The van der Waals surface area contributed by atoms with Crippen molar-refractivity contribution in [3.05, 3.63) is 34.9 Å². The SMILES string of the molecule is CCNC(=S)NCc1cc(C)cc(CNC(=S)NCC)c1. The van der Waals surface area contributed by atoms with Gasteiger partial charge in [-0.25, -0.2) is 0 Å². The highest BCUT2D eigenvalue weighted by atomic mass is 32.1. The Balaban J connectivity index is 2.58. The summed E-state index contributed by atoms with van der Waals surface area (Å²) in [6, 6.07) is 6.48. The predicted octanol–water partition coefficient (Wildman–Crippen LogP) is 1.96. The minimum absolute atomic E-state index is 0.687. The first-order valence-corrected chi connectivity index (χ1v) is 7.99. The van der Waals surface area contributed by atoms with Gasteiger partial charge < -0.3 is 21.3 Å². The van der Waals surface area contributed by atoms with Crippen molar-refractivity contribution in [3.8, 4) is 0 Å². The summed E-state index contributed by atoms with van der Waals surface area (Å²) in [5.74, 6) is 0. The number of thiocarbonyl (C=S) groups is 2. The Morgan fingerprint density at radius 2 is 1.24 bits per heavy atom. The van der Waals surface area contributed by atoms with Gasteiger partial charge in [0, 0.05) is 26.2 Å². The molecule has 0 unspecified atom stereocenters. The smallest absolute Gasteiger partial charge is 0.166 e. The number of hydrogen-bond donors (Lipinski definition) is 4. The minimum Gasteiger partial charge on any atom is -0.363 e. The average Bonchev–Trinajstić information content (AvgIpc) is 2.43. The molecular formula is C15H24N4S2. The maximum atomic E-state index is 5.17. The van der Waals surface area contributed by atoms with Gasteiger partial charge in [-0.2, -0.15) is 0 Å². The predicted molar refractivity (Wildman–Crippen MR) is 97.4 cm³/mol. The third-order valence-corrected chi connectivity index (χ3v) is 3.36. The van der Waals surface area contributed by atoms with Crippen molar-refractivity contribution >= 4 is 34.7 Å². The van der Waals surface area contributed by atoms with Crippen LogP contribution < -0.4 is 21.3 Å². The summed E-state index contributed by atoms with van der Waals surface area (Å²) >= 11 is 10.3. The summed E-state index contributed by atoms with van der Waals surface area (Å²) in [6.45, 7) is 9.25. The third kappa shape index (κ3) is 7.24. The lowest BCUT2D eigenvalue weighted by Crippen LogP contribution is -2.35. The van der Waals surface area contributed by atoms with Crippen LogP contribution in [0.1, 0.15) is 30.5 Å². The van der Waals surface area contributed by atoms with E-state index in [1.165, 1.54) is 16.7 Å². The zero-order valence-electron chi connectivity index (χ0n) is 12.9. The second-order valence-corrected chi connectivity index (χ2v) is 5.57. The van der Waals surface area contributed by atoms with E-state index in [9.17, 15) is 0 Å². The van der Waals surface area contributed by atoms with Crippen LogP contribution >= 0.6 is 24.4 Å². The van der Waals surface area contributed by atoms with Crippen LogP contribution in [0.4, 0.5) is 0 Å². The molecule has 0 aliphatic rings. The average molecular weight is 325 g/mol. The van der Waals surface area contributed by atoms with Crippen molar-refractivity contribution in [2.75, 3.05) is 13.1 Å². The summed E-state index contributed by atoms with van der Waals surface area (Å²) < 4.78 is 0. The van der Waals surface area contributed by atoms with E-state index in [0.717, 1.165) is 26.2 Å². The molecule has 0 bridgehead atoms. The van der Waals surface area contributed by atoms with Crippen molar-refractivity contribution in [1.29, 1.82) is 0 Å². The maximum Gasteiger partial charge on any atom is 0.166 e. The fraction of sp³-hybridized carbons (Fsp3) is 0.467. The molecule has 0 heterocycles. The first-order valence-electron chi connectivity index (χ1n) is 7.18. The monoisotopic (exact) mass is 324 g/mol. The van der Waals surface area contributed by atoms with E-state index in [0.29, 0.717) is 10.2 Å². The van der Waals surface area contributed by atoms with Gasteiger partial charge in [-0.15, -0.1) is 0 Å². The molecule has 0 aliphatic heterocycles. The lowest BCUT2D eigenvalue weighted by Gasteiger charge is -2.13. The highest BCUT2D eigenvalue weighted by Crippen LogP contribution is 2.09. The first kappa shape index (κ1) is 17.7. The minimum atomic E-state index is 0.687. The van der Waals surface area contributed by atoms with E-state index < -0.39 is 0 Å². The number of nitrogens with one attached hydrogen (secondary N) is 4. The molecule has 1 rings (SSSR count). The van der Waals surface area contributed by atoms with Gasteiger partial charge in [-0.1, -0.05) is 23.8 Å². The van der Waals surface area contributed by atoms with E-state index in [1.54, 1.807) is 0 Å². The molecule has 4 N–H and O–H groups in total. The van der Waals surface area contributed by atoms with Crippen LogP contribution in [0, 0.1) is 6.92 Å². The molecule has 0 atom stereocenters. The second-order valence-electron chi connectivity index (χ2n) is 4.75. The third-order valence-electron chi connectivity index (χ3n) is 2.78. The van der Waals surface area contributed by atoms with E-state index >= 15 is 0 Å². The fourth-order valence-electron chi connectivity index (χ4n) is 1.96. The molecule has 116 valence electrons. The molecular weight excluding hydrogens is 300 g/mol. The molecule has 0 saturated carbocycles. The van der Waals surface area contributed by atoms with Gasteiger partial charge in [0.05, 0.1) is 0 Å². The van der Waals surface area contributed by atoms with Crippen LogP contribution in [0.3, 0.4) is 0 Å². The number of benzene rings is 1. The van der Waals surface area contributed by atoms with Crippen LogP contribution in [0.5, 0.6) is 0 Å². The van der Waals surface area contributed by atoms with Crippen molar-refractivity contribution in [3.63, 3.8) is 0 Å². The largest absolute Gasteiger partial charge is 0.363 e. The van der Waals surface area contributed by atoms with E-state index in [4.69, 9.17) is 24.4 Å². The van der Waals surface area contributed by atoms with Crippen molar-refractivity contribution in [1.82, 2.24) is 21.3 Å². The summed E-state index contributed by atoms with van der Waals surface area (Å²) in [5.41, 5.74) is 3.65. The molecule has 21 heavy (non-hydrogen) atoms. The van der Waals surface area contributed by atoms with Gasteiger partial charge >= 0.3 is 0 Å². The molecule has 0 radical (unpaired) electrons. The molecule has 0 amide bonds. The standard InChI is InChI=1S/C15H24N4S2/c1-4-16-14(20)18-9-12-6-11(3)7-13(8-12)10-19-15(21)17-5-2/h6-8H,4-5,9-10H2,1-3H3,(H2,16,18,20)(H2,17,19,21). The summed E-state index contributed by atoms with van der Waals surface area (Å²) in [7, 11) is 0. The maximum absolute atomic E-state index is 5.17. The first-order chi connectivity index (χ1) is 10.0. The molecule has 1 aromatic rings. The van der Waals surface area contributed by atoms with Gasteiger partial charge in [0.25, 0.3) is 0 Å². The lowest BCUT2D eigenvalue weighted by molar-refractivity contribution is 0.836. The van der Waals surface area contributed by atoms with Crippen molar-refractivity contribution < 1.29 is 0 Å². The van der Waals surface area contributed by atoms with Gasteiger partial charge in [0.1, 0.15) is 0 Å². The van der Waals surface area contributed by atoms with Crippen molar-refractivity contribution in [2.24, 2.45) is 0 Å². The topological polar surface area (TPSA) is 48.1 Å². The summed E-state index contributed by atoms with van der Waals surface area (Å²) in [4.78, 5) is 0. The van der Waals surface area contributed by atoms with E-state index in [1.807, 2.05) is 13.8 Å². The number of hydrogen-bond acceptors (Lipinski definition) is 2. The van der Waals surface area contributed by atoms with Crippen LogP contribution in [-0.2, 0) is 13.1 Å². The Morgan fingerprint density at radius 1 is 0.810 bits per heavy atom. The molecule has 0 fully saturated rings. The van der Waals surface area contributed by atoms with Gasteiger partial charge in [0.2, 0.25) is 0 Å². The normalized spacial score (nSPS) is 9.86. The summed E-state index contributed by atoms with van der Waals surface area (Å²) in [5, 5.41) is 13.9. The van der Waals surface area contributed by atoms with Crippen molar-refractivity contribution in [2.45, 2.75) is 33.9 Å². The molecule has 6 heteroatoms. The molecule has 0 saturated heterocycles. The second kappa shape index (κ2) is 9.52. The molecule has 0 aromatic heterocycles. The Bertz CT molecular complexity index is 448. The van der Waals surface area contributed by atoms with Gasteiger partial charge in [0.15, 0.2) is 10.2 Å². The van der Waals surface area contributed by atoms with E-state index in [-0.39, 0.29) is 0 Å². The number of rotatable bonds is 6. The van der Waals surface area contributed by atoms with Crippen LogP contribution in [0.25, 0.3) is 0 Å². The molecule has 1 aromatic carbocycles. The van der Waals surface area contributed by atoms with Gasteiger partial charge in [-0.3, -0.25) is 0 Å². The molecule has 0 aliphatic carbocycles.